The SMILES string of the molecule is CC(C)C(NC(=O)c1ccc(F)cc1)C(=O)NCCc1cccnc1. The van der Waals surface area contributed by atoms with E-state index in [-0.39, 0.29) is 11.8 Å². The highest BCUT2D eigenvalue weighted by Gasteiger charge is 2.24. The van der Waals surface area contributed by atoms with E-state index < -0.39 is 17.8 Å². The number of aromatic nitrogens is 1. The molecule has 2 N–H and O–H groups in total. The van der Waals surface area contributed by atoms with Crippen LogP contribution >= 0.6 is 0 Å². The molecule has 2 rings (SSSR count). The van der Waals surface area contributed by atoms with Gasteiger partial charge >= 0.3 is 0 Å². The van der Waals surface area contributed by atoms with Gasteiger partial charge in [-0.15, -0.1) is 0 Å². The maximum atomic E-state index is 12.9. The summed E-state index contributed by atoms with van der Waals surface area (Å²) in [7, 11) is 0. The predicted molar refractivity (Wildman–Crippen MR) is 93.4 cm³/mol. The molecule has 2 amide bonds. The summed E-state index contributed by atoms with van der Waals surface area (Å²) in [5.41, 5.74) is 1.34. The smallest absolute Gasteiger partial charge is 0.251 e. The van der Waals surface area contributed by atoms with E-state index in [1.165, 1.54) is 24.3 Å². The van der Waals surface area contributed by atoms with Crippen molar-refractivity contribution in [2.24, 2.45) is 5.92 Å². The van der Waals surface area contributed by atoms with E-state index in [0.29, 0.717) is 18.5 Å². The molecule has 1 unspecified atom stereocenters. The molecule has 25 heavy (non-hydrogen) atoms. The molecule has 2 aromatic rings. The number of benzene rings is 1. The van der Waals surface area contributed by atoms with Gasteiger partial charge in [0.05, 0.1) is 0 Å². The summed E-state index contributed by atoms with van der Waals surface area (Å²) in [4.78, 5) is 28.7. The van der Waals surface area contributed by atoms with E-state index in [9.17, 15) is 14.0 Å². The van der Waals surface area contributed by atoms with Crippen LogP contribution in [0.4, 0.5) is 4.39 Å². The van der Waals surface area contributed by atoms with Crippen LogP contribution in [-0.4, -0.2) is 29.4 Å². The Labute approximate surface area is 146 Å². The first-order valence-electron chi connectivity index (χ1n) is 8.20. The predicted octanol–water partition coefficient (Wildman–Crippen LogP) is 2.33. The van der Waals surface area contributed by atoms with Crippen LogP contribution in [0, 0.1) is 11.7 Å². The number of nitrogens with one attached hydrogen (secondary N) is 2. The van der Waals surface area contributed by atoms with Gasteiger partial charge in [0.2, 0.25) is 5.91 Å². The normalized spacial score (nSPS) is 11.8. The molecule has 132 valence electrons. The van der Waals surface area contributed by atoms with Gasteiger partial charge in [-0.2, -0.15) is 0 Å². The number of carbonyl (C=O) groups excluding carboxylic acids is 2. The Balaban J connectivity index is 1.91. The number of hydrogen-bond acceptors (Lipinski definition) is 3. The van der Waals surface area contributed by atoms with Crippen molar-refractivity contribution in [3.05, 3.63) is 65.7 Å². The molecule has 6 heteroatoms. The Morgan fingerprint density at radius 2 is 1.88 bits per heavy atom. The number of carbonyl (C=O) groups is 2. The highest BCUT2D eigenvalue weighted by atomic mass is 19.1. The first-order chi connectivity index (χ1) is 12.0. The van der Waals surface area contributed by atoms with Crippen molar-refractivity contribution in [3.8, 4) is 0 Å². The second-order valence-electron chi connectivity index (χ2n) is 6.10. The molecule has 0 bridgehead atoms. The van der Waals surface area contributed by atoms with Gasteiger partial charge in [-0.1, -0.05) is 19.9 Å². The first kappa shape index (κ1) is 18.6. The summed E-state index contributed by atoms with van der Waals surface area (Å²) < 4.78 is 12.9. The van der Waals surface area contributed by atoms with Crippen molar-refractivity contribution >= 4 is 11.8 Å². The lowest BCUT2D eigenvalue weighted by Crippen LogP contribution is -2.50. The molecular weight excluding hydrogens is 321 g/mol. The van der Waals surface area contributed by atoms with E-state index >= 15 is 0 Å². The molecule has 0 aliphatic carbocycles. The van der Waals surface area contributed by atoms with Crippen LogP contribution in [-0.2, 0) is 11.2 Å². The summed E-state index contributed by atoms with van der Waals surface area (Å²) in [5, 5.41) is 5.55. The largest absolute Gasteiger partial charge is 0.354 e. The summed E-state index contributed by atoms with van der Waals surface area (Å²) in [6, 6.07) is 8.34. The molecule has 0 saturated carbocycles. The standard InChI is InChI=1S/C19H22FN3O2/c1-13(2)17(23-18(24)15-5-7-16(20)8-6-15)19(25)22-11-9-14-4-3-10-21-12-14/h3-8,10,12-13,17H,9,11H2,1-2H3,(H,22,25)(H,23,24). The quantitative estimate of drug-likeness (QED) is 0.811. The van der Waals surface area contributed by atoms with Gasteiger partial charge in [0.15, 0.2) is 0 Å². The second kappa shape index (κ2) is 8.92. The van der Waals surface area contributed by atoms with Gasteiger partial charge in [-0.25, -0.2) is 4.39 Å². The Kier molecular flexibility index (Phi) is 6.62. The molecule has 0 aliphatic rings. The second-order valence-corrected chi connectivity index (χ2v) is 6.10. The Morgan fingerprint density at radius 3 is 2.48 bits per heavy atom. The maximum Gasteiger partial charge on any atom is 0.251 e. The minimum absolute atomic E-state index is 0.0807. The van der Waals surface area contributed by atoms with Crippen LogP contribution in [0.1, 0.15) is 29.8 Å². The van der Waals surface area contributed by atoms with Crippen molar-refractivity contribution < 1.29 is 14.0 Å². The van der Waals surface area contributed by atoms with Crippen molar-refractivity contribution in [1.82, 2.24) is 15.6 Å². The number of pyridine rings is 1. The zero-order valence-corrected chi connectivity index (χ0v) is 14.3. The molecule has 1 heterocycles. The fraction of sp³-hybridized carbons (Fsp3) is 0.316. The van der Waals surface area contributed by atoms with Gasteiger partial charge < -0.3 is 10.6 Å². The highest BCUT2D eigenvalue weighted by molar-refractivity contribution is 5.97. The van der Waals surface area contributed by atoms with E-state index in [2.05, 4.69) is 15.6 Å². The summed E-state index contributed by atoms with van der Waals surface area (Å²) in [6.07, 6.45) is 4.11. The summed E-state index contributed by atoms with van der Waals surface area (Å²) in [6.45, 7) is 4.17. The number of rotatable bonds is 7. The minimum atomic E-state index is -0.661. The Morgan fingerprint density at radius 1 is 1.16 bits per heavy atom. The van der Waals surface area contributed by atoms with Crippen LogP contribution in [0.3, 0.4) is 0 Å². The number of amides is 2. The summed E-state index contributed by atoms with van der Waals surface area (Å²) >= 11 is 0. The van der Waals surface area contributed by atoms with E-state index in [1.807, 2.05) is 26.0 Å². The third-order valence-corrected chi connectivity index (χ3v) is 3.78. The lowest BCUT2D eigenvalue weighted by Gasteiger charge is -2.21. The van der Waals surface area contributed by atoms with Crippen molar-refractivity contribution in [3.63, 3.8) is 0 Å². The zero-order valence-electron chi connectivity index (χ0n) is 14.3. The van der Waals surface area contributed by atoms with E-state index in [0.717, 1.165) is 5.56 Å². The maximum absolute atomic E-state index is 12.9. The molecule has 0 aliphatic heterocycles. The van der Waals surface area contributed by atoms with Gasteiger partial charge in [0.25, 0.3) is 5.91 Å². The van der Waals surface area contributed by atoms with E-state index in [1.54, 1.807) is 12.4 Å². The molecule has 0 radical (unpaired) electrons. The molecule has 1 aromatic carbocycles. The fourth-order valence-corrected chi connectivity index (χ4v) is 2.35. The number of hydrogen-bond donors (Lipinski definition) is 2. The van der Waals surface area contributed by atoms with Gasteiger partial charge in [0.1, 0.15) is 11.9 Å². The summed E-state index contributed by atoms with van der Waals surface area (Å²) in [5.74, 6) is -1.14. The van der Waals surface area contributed by atoms with Crippen molar-refractivity contribution in [2.45, 2.75) is 26.3 Å². The molecule has 5 nitrogen and oxygen atoms in total. The third-order valence-electron chi connectivity index (χ3n) is 3.78. The molecule has 1 aromatic heterocycles. The van der Waals surface area contributed by atoms with Gasteiger partial charge in [-0.3, -0.25) is 14.6 Å². The molecule has 0 fully saturated rings. The zero-order chi connectivity index (χ0) is 18.2. The number of nitrogens with zero attached hydrogens (tertiary/aromatic N) is 1. The van der Waals surface area contributed by atoms with Gasteiger partial charge in [-0.05, 0) is 48.2 Å². The van der Waals surface area contributed by atoms with Crippen LogP contribution < -0.4 is 10.6 Å². The average molecular weight is 343 g/mol. The average Bonchev–Trinajstić information content (AvgIpc) is 2.60. The molecule has 1 atom stereocenters. The van der Waals surface area contributed by atoms with Crippen molar-refractivity contribution in [1.29, 1.82) is 0 Å². The lowest BCUT2D eigenvalue weighted by atomic mass is 10.0. The molecule has 0 spiro atoms. The third kappa shape index (κ3) is 5.67. The topological polar surface area (TPSA) is 71.1 Å². The van der Waals surface area contributed by atoms with Gasteiger partial charge in [0, 0.05) is 24.5 Å². The van der Waals surface area contributed by atoms with Crippen LogP contribution in [0.2, 0.25) is 0 Å². The molecular formula is C19H22FN3O2. The Bertz CT molecular complexity index is 702. The van der Waals surface area contributed by atoms with Crippen LogP contribution in [0.15, 0.2) is 48.8 Å². The van der Waals surface area contributed by atoms with Crippen LogP contribution in [0.5, 0.6) is 0 Å². The monoisotopic (exact) mass is 343 g/mol. The number of halogens is 1. The van der Waals surface area contributed by atoms with Crippen LogP contribution in [0.25, 0.3) is 0 Å². The highest BCUT2D eigenvalue weighted by Crippen LogP contribution is 2.07. The lowest BCUT2D eigenvalue weighted by molar-refractivity contribution is -0.123. The van der Waals surface area contributed by atoms with E-state index in [4.69, 9.17) is 0 Å². The minimum Gasteiger partial charge on any atom is -0.354 e. The first-order valence-corrected chi connectivity index (χ1v) is 8.20. The fourth-order valence-electron chi connectivity index (χ4n) is 2.35. The molecule has 0 saturated heterocycles. The Hall–Kier alpha value is -2.76. The van der Waals surface area contributed by atoms with Crippen molar-refractivity contribution in [2.75, 3.05) is 6.54 Å².